The zero-order valence-corrected chi connectivity index (χ0v) is 15.8. The van der Waals surface area contributed by atoms with Crippen molar-refractivity contribution in [2.24, 2.45) is 0 Å². The first-order chi connectivity index (χ1) is 14.2. The fraction of sp³-hybridized carbons (Fsp3) is 0.136. The molecule has 1 amide bonds. The number of carbonyl (C=O) groups excluding carboxylic acids is 1. The van der Waals surface area contributed by atoms with Gasteiger partial charge in [-0.25, -0.2) is 0 Å². The molecule has 0 atom stereocenters. The molecule has 1 N–H and O–H groups in total. The molecule has 0 aliphatic carbocycles. The first-order valence-electron chi connectivity index (χ1n) is 9.21. The molecule has 0 saturated carbocycles. The minimum Gasteiger partial charge on any atom is -0.494 e. The van der Waals surface area contributed by atoms with E-state index in [1.54, 1.807) is 42.7 Å². The van der Waals surface area contributed by atoms with E-state index in [2.05, 4.69) is 15.5 Å². The smallest absolute Gasteiger partial charge is 0.255 e. The van der Waals surface area contributed by atoms with Crippen LogP contribution in [0.5, 0.6) is 5.75 Å². The molecule has 0 spiro atoms. The highest BCUT2D eigenvalue weighted by molar-refractivity contribution is 6.04. The number of hydrogen-bond donors (Lipinski definition) is 1. The third kappa shape index (κ3) is 4.35. The molecule has 4 aromatic rings. The highest BCUT2D eigenvalue weighted by atomic mass is 16.5. The molecule has 0 saturated heterocycles. The van der Waals surface area contributed by atoms with E-state index in [0.29, 0.717) is 41.8 Å². The largest absolute Gasteiger partial charge is 0.494 e. The van der Waals surface area contributed by atoms with Crippen molar-refractivity contribution in [1.82, 2.24) is 10.1 Å². The van der Waals surface area contributed by atoms with Crippen LogP contribution in [-0.4, -0.2) is 22.7 Å². The summed E-state index contributed by atoms with van der Waals surface area (Å²) in [5, 5.41) is 6.88. The molecule has 7 heteroatoms. The number of benzene rings is 2. The summed E-state index contributed by atoms with van der Waals surface area (Å²) in [6.45, 7) is 2.49. The van der Waals surface area contributed by atoms with E-state index in [0.717, 1.165) is 11.3 Å². The lowest BCUT2D eigenvalue weighted by Crippen LogP contribution is -2.13. The first-order valence-corrected chi connectivity index (χ1v) is 9.21. The van der Waals surface area contributed by atoms with Crippen LogP contribution in [-0.2, 0) is 6.42 Å². The van der Waals surface area contributed by atoms with E-state index in [1.807, 2.05) is 31.2 Å². The zero-order chi connectivity index (χ0) is 20.1. The summed E-state index contributed by atoms with van der Waals surface area (Å²) >= 11 is 0. The van der Waals surface area contributed by atoms with Crippen LogP contribution in [0, 0.1) is 0 Å². The summed E-state index contributed by atoms with van der Waals surface area (Å²) in [6.07, 6.45) is 1.94. The number of para-hydroxylation sites is 1. The van der Waals surface area contributed by atoms with Crippen molar-refractivity contribution in [2.75, 3.05) is 11.9 Å². The summed E-state index contributed by atoms with van der Waals surface area (Å²) in [5.41, 5.74) is 2.09. The number of nitrogens with one attached hydrogen (secondary N) is 1. The second-order valence-corrected chi connectivity index (χ2v) is 6.23. The Hall–Kier alpha value is -3.87. The SMILES string of the molecule is CCOc1ccc(C(=O)Nc2ccccc2Cc2nc(-c3ccco3)no2)cc1. The van der Waals surface area contributed by atoms with Gasteiger partial charge in [0.15, 0.2) is 5.76 Å². The van der Waals surface area contributed by atoms with Crippen LogP contribution in [0.2, 0.25) is 0 Å². The fourth-order valence-corrected chi connectivity index (χ4v) is 2.86. The number of anilines is 1. The van der Waals surface area contributed by atoms with Gasteiger partial charge in [0.2, 0.25) is 11.7 Å². The number of nitrogens with zero attached hydrogens (tertiary/aromatic N) is 2. The molecule has 2 aromatic heterocycles. The minimum absolute atomic E-state index is 0.206. The van der Waals surface area contributed by atoms with Gasteiger partial charge in [-0.05, 0) is 55.0 Å². The third-order valence-electron chi connectivity index (χ3n) is 4.24. The Morgan fingerprint density at radius 1 is 1.07 bits per heavy atom. The molecule has 29 heavy (non-hydrogen) atoms. The molecule has 146 valence electrons. The average molecular weight is 389 g/mol. The lowest BCUT2D eigenvalue weighted by Gasteiger charge is -2.10. The van der Waals surface area contributed by atoms with Gasteiger partial charge in [0.25, 0.3) is 5.91 Å². The van der Waals surface area contributed by atoms with Crippen LogP contribution in [0.1, 0.15) is 28.7 Å². The number of aromatic nitrogens is 2. The van der Waals surface area contributed by atoms with E-state index in [9.17, 15) is 4.79 Å². The predicted octanol–water partition coefficient (Wildman–Crippen LogP) is 4.57. The highest BCUT2D eigenvalue weighted by Crippen LogP contribution is 2.22. The van der Waals surface area contributed by atoms with Crippen molar-refractivity contribution in [3.8, 4) is 17.3 Å². The summed E-state index contributed by atoms with van der Waals surface area (Å²) in [7, 11) is 0. The summed E-state index contributed by atoms with van der Waals surface area (Å²) in [5.74, 6) is 1.88. The number of hydrogen-bond acceptors (Lipinski definition) is 6. The Kier molecular flexibility index (Phi) is 5.38. The Balaban J connectivity index is 1.49. The van der Waals surface area contributed by atoms with Crippen molar-refractivity contribution in [3.63, 3.8) is 0 Å². The molecule has 2 heterocycles. The Morgan fingerprint density at radius 3 is 2.66 bits per heavy atom. The maximum absolute atomic E-state index is 12.6. The van der Waals surface area contributed by atoms with Gasteiger partial charge in [-0.3, -0.25) is 4.79 Å². The molecule has 0 unspecified atom stereocenters. The Morgan fingerprint density at radius 2 is 1.90 bits per heavy atom. The second-order valence-electron chi connectivity index (χ2n) is 6.23. The van der Waals surface area contributed by atoms with Gasteiger partial charge in [-0.2, -0.15) is 4.98 Å². The van der Waals surface area contributed by atoms with Crippen LogP contribution >= 0.6 is 0 Å². The van der Waals surface area contributed by atoms with Gasteiger partial charge in [0, 0.05) is 11.3 Å². The topological polar surface area (TPSA) is 90.4 Å². The quantitative estimate of drug-likeness (QED) is 0.498. The number of amides is 1. The Labute approximate surface area is 167 Å². The molecule has 0 aliphatic heterocycles. The van der Waals surface area contributed by atoms with Crippen molar-refractivity contribution in [1.29, 1.82) is 0 Å². The number of rotatable bonds is 7. The van der Waals surface area contributed by atoms with E-state index in [-0.39, 0.29) is 5.91 Å². The van der Waals surface area contributed by atoms with Crippen molar-refractivity contribution >= 4 is 11.6 Å². The average Bonchev–Trinajstić information content (AvgIpc) is 3.42. The molecule has 4 rings (SSSR count). The second kappa shape index (κ2) is 8.43. The summed E-state index contributed by atoms with van der Waals surface area (Å²) in [4.78, 5) is 17.0. The van der Waals surface area contributed by atoms with Crippen LogP contribution in [0.25, 0.3) is 11.6 Å². The van der Waals surface area contributed by atoms with Gasteiger partial charge < -0.3 is 19.0 Å². The molecule has 0 radical (unpaired) electrons. The maximum Gasteiger partial charge on any atom is 0.255 e. The van der Waals surface area contributed by atoms with Crippen molar-refractivity contribution in [3.05, 3.63) is 83.9 Å². The molecule has 2 aromatic carbocycles. The van der Waals surface area contributed by atoms with E-state index in [4.69, 9.17) is 13.7 Å². The standard InChI is InChI=1S/C22H19N3O4/c1-2-27-17-11-9-15(10-12-17)22(26)23-18-7-4-3-6-16(18)14-20-24-21(25-29-20)19-8-5-13-28-19/h3-13H,2,14H2,1H3,(H,23,26). The van der Waals surface area contributed by atoms with Gasteiger partial charge >= 0.3 is 0 Å². The van der Waals surface area contributed by atoms with Crippen LogP contribution < -0.4 is 10.1 Å². The molecular formula is C22H19N3O4. The van der Waals surface area contributed by atoms with Gasteiger partial charge in [0.05, 0.1) is 19.3 Å². The van der Waals surface area contributed by atoms with Crippen molar-refractivity contribution < 1.29 is 18.5 Å². The molecular weight excluding hydrogens is 370 g/mol. The molecule has 0 fully saturated rings. The molecule has 0 bridgehead atoms. The van der Waals surface area contributed by atoms with Gasteiger partial charge in [-0.1, -0.05) is 23.4 Å². The van der Waals surface area contributed by atoms with E-state index < -0.39 is 0 Å². The number of carbonyl (C=O) groups is 1. The summed E-state index contributed by atoms with van der Waals surface area (Å²) in [6, 6.07) is 18.0. The third-order valence-corrected chi connectivity index (χ3v) is 4.24. The van der Waals surface area contributed by atoms with E-state index in [1.165, 1.54) is 0 Å². The Bertz CT molecular complexity index is 1090. The molecule has 7 nitrogen and oxygen atoms in total. The van der Waals surface area contributed by atoms with Crippen LogP contribution in [0.4, 0.5) is 5.69 Å². The van der Waals surface area contributed by atoms with Crippen molar-refractivity contribution in [2.45, 2.75) is 13.3 Å². The zero-order valence-electron chi connectivity index (χ0n) is 15.8. The van der Waals surface area contributed by atoms with Crippen LogP contribution in [0.15, 0.2) is 75.9 Å². The maximum atomic E-state index is 12.6. The predicted molar refractivity (Wildman–Crippen MR) is 107 cm³/mol. The van der Waals surface area contributed by atoms with E-state index >= 15 is 0 Å². The molecule has 0 aliphatic rings. The fourth-order valence-electron chi connectivity index (χ4n) is 2.86. The highest BCUT2D eigenvalue weighted by Gasteiger charge is 2.14. The normalized spacial score (nSPS) is 10.7. The number of ether oxygens (including phenoxy) is 1. The monoisotopic (exact) mass is 389 g/mol. The van der Waals surface area contributed by atoms with Crippen LogP contribution in [0.3, 0.4) is 0 Å². The lowest BCUT2D eigenvalue weighted by atomic mass is 10.1. The number of furan rings is 1. The first kappa shape index (κ1) is 18.5. The lowest BCUT2D eigenvalue weighted by molar-refractivity contribution is 0.102. The van der Waals surface area contributed by atoms with Gasteiger partial charge in [0.1, 0.15) is 5.75 Å². The summed E-state index contributed by atoms with van der Waals surface area (Å²) < 4.78 is 16.0. The minimum atomic E-state index is -0.206. The van der Waals surface area contributed by atoms with Gasteiger partial charge in [-0.15, -0.1) is 0 Å².